The Morgan fingerprint density at radius 3 is 2.33 bits per heavy atom. The zero-order valence-electron chi connectivity index (χ0n) is 17.9. The number of likely N-dealkylation sites (N-methyl/N-ethyl adjacent to an activating group) is 1. The van der Waals surface area contributed by atoms with Crippen LogP contribution in [0.5, 0.6) is 5.75 Å². The molecule has 3 rings (SSSR count). The average Bonchev–Trinajstić information content (AvgIpc) is 2.70. The molecule has 1 N–H and O–H groups in total. The summed E-state index contributed by atoms with van der Waals surface area (Å²) in [5.41, 5.74) is 3.08. The Balaban J connectivity index is 1.65. The Morgan fingerprint density at radius 1 is 1.07 bits per heavy atom. The highest BCUT2D eigenvalue weighted by Gasteiger charge is 2.21. The minimum Gasteiger partial charge on any atom is -0.480 e. The number of nitrogens with one attached hydrogen (secondary N) is 1. The molecule has 0 aliphatic carbocycles. The molecule has 1 unspecified atom stereocenters. The summed E-state index contributed by atoms with van der Waals surface area (Å²) < 4.78 is 6.91. The third-order valence-corrected chi connectivity index (χ3v) is 5.71. The molecule has 160 valence electrons. The number of hydrogen-bond acceptors (Lipinski definition) is 4. The van der Waals surface area contributed by atoms with E-state index >= 15 is 0 Å². The van der Waals surface area contributed by atoms with Gasteiger partial charge in [-0.15, -0.1) is 0 Å². The van der Waals surface area contributed by atoms with Crippen LogP contribution in [0.2, 0.25) is 0 Å². The van der Waals surface area contributed by atoms with Crippen molar-refractivity contribution in [3.05, 3.63) is 57.6 Å². The number of benzene rings is 2. The molecule has 1 heterocycles. The van der Waals surface area contributed by atoms with Crippen LogP contribution in [0.25, 0.3) is 0 Å². The van der Waals surface area contributed by atoms with Crippen LogP contribution in [-0.4, -0.2) is 60.9 Å². The van der Waals surface area contributed by atoms with E-state index in [9.17, 15) is 9.59 Å². The minimum absolute atomic E-state index is 0.00962. The number of hydrogen-bond donors (Lipinski definition) is 1. The van der Waals surface area contributed by atoms with Crippen molar-refractivity contribution in [2.45, 2.75) is 26.9 Å². The molecule has 1 fully saturated rings. The van der Waals surface area contributed by atoms with Crippen LogP contribution in [0.3, 0.4) is 0 Å². The average molecular weight is 474 g/mol. The highest BCUT2D eigenvalue weighted by atomic mass is 79.9. The third kappa shape index (κ3) is 5.40. The van der Waals surface area contributed by atoms with Gasteiger partial charge in [-0.2, -0.15) is 0 Å². The quantitative estimate of drug-likeness (QED) is 0.715. The molecule has 2 aromatic rings. The lowest BCUT2D eigenvalue weighted by atomic mass is 10.1. The molecule has 1 saturated heterocycles. The van der Waals surface area contributed by atoms with Gasteiger partial charge >= 0.3 is 0 Å². The molecule has 0 radical (unpaired) electrons. The summed E-state index contributed by atoms with van der Waals surface area (Å²) in [4.78, 5) is 29.5. The number of carbonyl (C=O) groups excluding carboxylic acids is 2. The topological polar surface area (TPSA) is 61.9 Å². The smallest absolute Gasteiger partial charge is 0.265 e. The summed E-state index contributed by atoms with van der Waals surface area (Å²) in [6.45, 7) is 8.77. The number of rotatable bonds is 5. The summed E-state index contributed by atoms with van der Waals surface area (Å²) in [7, 11) is 2.05. The van der Waals surface area contributed by atoms with E-state index < -0.39 is 6.10 Å². The zero-order chi connectivity index (χ0) is 21.8. The van der Waals surface area contributed by atoms with E-state index in [0.29, 0.717) is 30.1 Å². The second-order valence-electron chi connectivity index (χ2n) is 7.79. The van der Waals surface area contributed by atoms with Crippen LogP contribution < -0.4 is 10.1 Å². The molecule has 1 atom stereocenters. The molecule has 0 bridgehead atoms. The van der Waals surface area contributed by atoms with Gasteiger partial charge in [0.2, 0.25) is 0 Å². The number of anilines is 1. The van der Waals surface area contributed by atoms with Gasteiger partial charge in [0.25, 0.3) is 11.8 Å². The first kappa shape index (κ1) is 22.3. The molecular weight excluding hydrogens is 446 g/mol. The highest BCUT2D eigenvalue weighted by Crippen LogP contribution is 2.28. The zero-order valence-corrected chi connectivity index (χ0v) is 19.5. The number of halogens is 1. The maximum Gasteiger partial charge on any atom is 0.265 e. The van der Waals surface area contributed by atoms with Crippen molar-refractivity contribution < 1.29 is 14.3 Å². The van der Waals surface area contributed by atoms with Crippen LogP contribution in [-0.2, 0) is 4.79 Å². The van der Waals surface area contributed by atoms with Crippen LogP contribution in [0, 0.1) is 13.8 Å². The van der Waals surface area contributed by atoms with Gasteiger partial charge in [-0.05, 0) is 69.3 Å². The Morgan fingerprint density at radius 2 is 1.70 bits per heavy atom. The molecule has 30 heavy (non-hydrogen) atoms. The van der Waals surface area contributed by atoms with E-state index in [0.717, 1.165) is 28.7 Å². The van der Waals surface area contributed by atoms with E-state index in [1.54, 1.807) is 31.2 Å². The fourth-order valence-corrected chi connectivity index (χ4v) is 4.17. The van der Waals surface area contributed by atoms with Gasteiger partial charge in [-0.3, -0.25) is 9.59 Å². The first-order valence-electron chi connectivity index (χ1n) is 10.1. The van der Waals surface area contributed by atoms with Gasteiger partial charge < -0.3 is 19.9 Å². The fourth-order valence-electron chi connectivity index (χ4n) is 3.48. The van der Waals surface area contributed by atoms with Crippen molar-refractivity contribution in [2.75, 3.05) is 38.5 Å². The minimum atomic E-state index is -0.680. The molecule has 2 amide bonds. The predicted molar refractivity (Wildman–Crippen MR) is 122 cm³/mol. The Hall–Kier alpha value is -2.38. The van der Waals surface area contributed by atoms with E-state index in [2.05, 4.69) is 33.2 Å². The fraction of sp³-hybridized carbons (Fsp3) is 0.391. The molecule has 0 saturated carbocycles. The molecular formula is C23H28BrN3O3. The largest absolute Gasteiger partial charge is 0.480 e. The van der Waals surface area contributed by atoms with Gasteiger partial charge in [0.1, 0.15) is 5.75 Å². The van der Waals surface area contributed by atoms with Crippen molar-refractivity contribution >= 4 is 33.4 Å². The monoisotopic (exact) mass is 473 g/mol. The summed E-state index contributed by atoms with van der Waals surface area (Å²) >= 11 is 3.47. The van der Waals surface area contributed by atoms with Gasteiger partial charge in [-0.25, -0.2) is 0 Å². The lowest BCUT2D eigenvalue weighted by Crippen LogP contribution is -2.47. The maximum absolute atomic E-state index is 12.8. The van der Waals surface area contributed by atoms with Gasteiger partial charge in [-0.1, -0.05) is 22.0 Å². The van der Waals surface area contributed by atoms with Crippen molar-refractivity contribution in [1.82, 2.24) is 9.80 Å². The first-order chi connectivity index (χ1) is 14.2. The third-order valence-electron chi connectivity index (χ3n) is 5.26. The van der Waals surface area contributed by atoms with Gasteiger partial charge in [0, 0.05) is 41.9 Å². The molecule has 0 spiro atoms. The van der Waals surface area contributed by atoms with Crippen LogP contribution >= 0.6 is 15.9 Å². The summed E-state index contributed by atoms with van der Waals surface area (Å²) in [6, 6.07) is 11.0. The Bertz CT molecular complexity index is 916. The highest BCUT2D eigenvalue weighted by molar-refractivity contribution is 9.10. The first-order valence-corrected chi connectivity index (χ1v) is 10.9. The second kappa shape index (κ2) is 9.62. The number of nitrogens with zero attached hydrogens (tertiary/aromatic N) is 2. The van der Waals surface area contributed by atoms with Crippen molar-refractivity contribution in [2.24, 2.45) is 0 Å². The van der Waals surface area contributed by atoms with Gasteiger partial charge in [0.15, 0.2) is 6.10 Å². The molecule has 0 aromatic heterocycles. The Kier molecular flexibility index (Phi) is 7.15. The van der Waals surface area contributed by atoms with Crippen LogP contribution in [0.1, 0.15) is 28.4 Å². The van der Waals surface area contributed by atoms with Crippen LogP contribution in [0.4, 0.5) is 5.69 Å². The van der Waals surface area contributed by atoms with Crippen LogP contribution in [0.15, 0.2) is 40.9 Å². The van der Waals surface area contributed by atoms with Gasteiger partial charge in [0.05, 0.1) is 0 Å². The molecule has 6 nitrogen and oxygen atoms in total. The van der Waals surface area contributed by atoms with Crippen molar-refractivity contribution in [3.63, 3.8) is 0 Å². The molecule has 1 aliphatic rings. The second-order valence-corrected chi connectivity index (χ2v) is 8.71. The number of aryl methyl sites for hydroxylation is 2. The maximum atomic E-state index is 12.8. The summed E-state index contributed by atoms with van der Waals surface area (Å²) in [5, 5.41) is 2.87. The predicted octanol–water partition coefficient (Wildman–Crippen LogP) is 3.86. The summed E-state index contributed by atoms with van der Waals surface area (Å²) in [5.74, 6) is 0.436. The number of ether oxygens (including phenoxy) is 1. The van der Waals surface area contributed by atoms with E-state index in [4.69, 9.17) is 4.74 Å². The number of carbonyl (C=O) groups is 2. The van der Waals surface area contributed by atoms with Crippen molar-refractivity contribution in [3.8, 4) is 5.75 Å². The lowest BCUT2D eigenvalue weighted by Gasteiger charge is -2.32. The Labute approximate surface area is 186 Å². The molecule has 2 aromatic carbocycles. The number of amides is 2. The van der Waals surface area contributed by atoms with Crippen molar-refractivity contribution in [1.29, 1.82) is 0 Å². The lowest BCUT2D eigenvalue weighted by molar-refractivity contribution is -0.122. The van der Waals surface area contributed by atoms with E-state index in [1.807, 2.05) is 30.9 Å². The number of piperazine rings is 1. The molecule has 7 heteroatoms. The normalized spacial score (nSPS) is 15.6. The molecule has 1 aliphatic heterocycles. The SMILES string of the molecule is Cc1cc(Br)cc(C)c1OC(C)C(=O)Nc1cccc(C(=O)N2CCN(C)CC2)c1. The standard InChI is InChI=1S/C23H28BrN3O3/c1-15-12-19(24)13-16(2)21(15)30-17(3)22(28)25-20-7-5-6-18(14-20)23(29)27-10-8-26(4)9-11-27/h5-7,12-14,17H,8-11H2,1-4H3,(H,25,28). The summed E-state index contributed by atoms with van der Waals surface area (Å²) in [6.07, 6.45) is -0.680. The van der Waals surface area contributed by atoms with E-state index in [-0.39, 0.29) is 11.8 Å². The van der Waals surface area contributed by atoms with E-state index in [1.165, 1.54) is 0 Å².